The highest BCUT2D eigenvalue weighted by molar-refractivity contribution is 5.77. The summed E-state index contributed by atoms with van der Waals surface area (Å²) in [6, 6.07) is 23.7. The number of nitrogens with one attached hydrogen (secondary N) is 2. The lowest BCUT2D eigenvalue weighted by atomic mass is 9.92. The van der Waals surface area contributed by atoms with Crippen LogP contribution in [0, 0.1) is 13.8 Å². The van der Waals surface area contributed by atoms with Gasteiger partial charge in [-0.3, -0.25) is 0 Å². The molecule has 0 aliphatic carbocycles. The highest BCUT2D eigenvalue weighted by Crippen LogP contribution is 2.31. The van der Waals surface area contributed by atoms with Crippen LogP contribution in [0.4, 0.5) is 0 Å². The lowest BCUT2D eigenvalue weighted by Crippen LogP contribution is -2.03. The third-order valence-electron chi connectivity index (χ3n) is 7.28. The molecular formula is C32H30N4O4. The molecule has 40 heavy (non-hydrogen) atoms. The summed E-state index contributed by atoms with van der Waals surface area (Å²) in [7, 11) is 0. The van der Waals surface area contributed by atoms with Gasteiger partial charge in [0.05, 0.1) is 35.3 Å². The second kappa shape index (κ2) is 10.8. The van der Waals surface area contributed by atoms with Crippen LogP contribution in [-0.4, -0.2) is 30.1 Å². The molecule has 0 radical (unpaired) electrons. The van der Waals surface area contributed by atoms with Gasteiger partial charge < -0.3 is 29.7 Å². The maximum Gasteiger partial charge on any atom is 0.214 e. The third kappa shape index (κ3) is 5.02. The Morgan fingerprint density at radius 1 is 0.625 bits per heavy atom. The molecule has 0 amide bonds. The number of pyridine rings is 2. The standard InChI is InChI=1S/C32H30N4O4/c1-19-21(17-39-31-11-9-27-29(35-31)13-23(15-37)33-27)5-3-7-25(19)26-8-4-6-22(20(26)2)18-40-32-12-10-28-30(36-32)14-24(16-38)34-28/h3-14,33-34,37-38H,15-18H2,1-2H3. The summed E-state index contributed by atoms with van der Waals surface area (Å²) in [6.07, 6.45) is 0. The van der Waals surface area contributed by atoms with Crippen molar-refractivity contribution in [2.24, 2.45) is 0 Å². The molecule has 0 saturated carbocycles. The zero-order valence-electron chi connectivity index (χ0n) is 22.4. The molecule has 4 aromatic heterocycles. The Hall–Kier alpha value is -4.66. The van der Waals surface area contributed by atoms with Crippen LogP contribution in [0.2, 0.25) is 0 Å². The van der Waals surface area contributed by atoms with Gasteiger partial charge in [0.15, 0.2) is 0 Å². The molecule has 0 bridgehead atoms. The van der Waals surface area contributed by atoms with Gasteiger partial charge in [0, 0.05) is 23.5 Å². The fraction of sp³-hybridized carbons (Fsp3) is 0.188. The maximum absolute atomic E-state index is 9.36. The van der Waals surface area contributed by atoms with Crippen molar-refractivity contribution < 1.29 is 19.7 Å². The molecule has 2 aromatic carbocycles. The van der Waals surface area contributed by atoms with E-state index in [0.29, 0.717) is 25.0 Å². The first-order valence-corrected chi connectivity index (χ1v) is 13.1. The summed E-state index contributed by atoms with van der Waals surface area (Å²) < 4.78 is 12.1. The smallest absolute Gasteiger partial charge is 0.214 e. The number of aliphatic hydroxyl groups excluding tert-OH is 2. The number of hydrogen-bond acceptors (Lipinski definition) is 6. The van der Waals surface area contributed by atoms with Crippen molar-refractivity contribution in [3.63, 3.8) is 0 Å². The Morgan fingerprint density at radius 2 is 1.07 bits per heavy atom. The zero-order chi connectivity index (χ0) is 27.6. The Labute approximate surface area is 231 Å². The van der Waals surface area contributed by atoms with Crippen molar-refractivity contribution in [1.29, 1.82) is 0 Å². The highest BCUT2D eigenvalue weighted by Gasteiger charge is 2.13. The molecule has 6 aromatic rings. The summed E-state index contributed by atoms with van der Waals surface area (Å²) in [5, 5.41) is 18.7. The van der Waals surface area contributed by atoms with Crippen LogP contribution in [0.1, 0.15) is 33.6 Å². The monoisotopic (exact) mass is 534 g/mol. The normalized spacial score (nSPS) is 11.4. The molecule has 6 rings (SSSR count). The van der Waals surface area contributed by atoms with Crippen LogP contribution in [0.25, 0.3) is 33.2 Å². The maximum atomic E-state index is 9.36. The second-order valence-corrected chi connectivity index (χ2v) is 9.83. The predicted octanol–water partition coefficient (Wildman–Crippen LogP) is 5.87. The van der Waals surface area contributed by atoms with Crippen LogP contribution >= 0.6 is 0 Å². The Bertz CT molecular complexity index is 1690. The van der Waals surface area contributed by atoms with E-state index in [9.17, 15) is 10.2 Å². The molecule has 4 heterocycles. The summed E-state index contributed by atoms with van der Waals surface area (Å²) >= 11 is 0. The van der Waals surface area contributed by atoms with Crippen molar-refractivity contribution in [3.05, 3.63) is 106 Å². The number of aromatic nitrogens is 4. The van der Waals surface area contributed by atoms with E-state index in [1.807, 2.05) is 36.4 Å². The van der Waals surface area contributed by atoms with Crippen molar-refractivity contribution in [2.75, 3.05) is 0 Å². The SMILES string of the molecule is Cc1c(COc2ccc3[nH]c(CO)cc3n2)cccc1-c1cccc(COc2ccc3[nH]c(CO)cc3n2)c1C. The average molecular weight is 535 g/mol. The van der Waals surface area contributed by atoms with Gasteiger partial charge in [-0.1, -0.05) is 36.4 Å². The lowest BCUT2D eigenvalue weighted by Gasteiger charge is -2.16. The number of aliphatic hydroxyl groups is 2. The Balaban J connectivity index is 1.19. The molecule has 4 N–H and O–H groups in total. The van der Waals surface area contributed by atoms with Crippen LogP contribution in [-0.2, 0) is 26.4 Å². The van der Waals surface area contributed by atoms with Gasteiger partial charge in [-0.2, -0.15) is 0 Å². The molecule has 0 unspecified atom stereocenters. The van der Waals surface area contributed by atoms with Gasteiger partial charge in [-0.15, -0.1) is 0 Å². The van der Waals surface area contributed by atoms with E-state index in [1.165, 1.54) is 0 Å². The highest BCUT2D eigenvalue weighted by atomic mass is 16.5. The molecule has 8 nitrogen and oxygen atoms in total. The van der Waals surface area contributed by atoms with Crippen LogP contribution < -0.4 is 9.47 Å². The molecule has 0 aliphatic heterocycles. The summed E-state index contributed by atoms with van der Waals surface area (Å²) in [5.41, 5.74) is 11.4. The largest absolute Gasteiger partial charge is 0.473 e. The molecule has 0 spiro atoms. The molecule has 8 heteroatoms. The van der Waals surface area contributed by atoms with E-state index in [-0.39, 0.29) is 13.2 Å². The fourth-order valence-corrected chi connectivity index (χ4v) is 4.99. The number of benzene rings is 2. The Morgan fingerprint density at radius 3 is 1.50 bits per heavy atom. The first-order valence-electron chi connectivity index (χ1n) is 13.1. The molecule has 0 aliphatic rings. The lowest BCUT2D eigenvalue weighted by molar-refractivity contribution is 0.277. The number of nitrogens with zero attached hydrogens (tertiary/aromatic N) is 2. The van der Waals surface area contributed by atoms with Gasteiger partial charge >= 0.3 is 0 Å². The van der Waals surface area contributed by atoms with Crippen molar-refractivity contribution in [2.45, 2.75) is 40.3 Å². The van der Waals surface area contributed by atoms with Gasteiger partial charge in [-0.05, 0) is 71.5 Å². The van der Waals surface area contributed by atoms with Crippen LogP contribution in [0.15, 0.2) is 72.8 Å². The summed E-state index contributed by atoms with van der Waals surface area (Å²) in [6.45, 7) is 4.90. The number of rotatable bonds is 9. The quantitative estimate of drug-likeness (QED) is 0.185. The van der Waals surface area contributed by atoms with Gasteiger partial charge in [0.1, 0.15) is 13.2 Å². The van der Waals surface area contributed by atoms with Crippen LogP contribution in [0.5, 0.6) is 11.8 Å². The number of fused-ring (bicyclic) bond motifs is 2. The topological polar surface area (TPSA) is 116 Å². The first-order chi connectivity index (χ1) is 19.5. The van der Waals surface area contributed by atoms with Crippen LogP contribution in [0.3, 0.4) is 0 Å². The van der Waals surface area contributed by atoms with E-state index in [1.54, 1.807) is 0 Å². The third-order valence-corrected chi connectivity index (χ3v) is 7.28. The number of hydrogen-bond donors (Lipinski definition) is 4. The molecule has 0 saturated heterocycles. The summed E-state index contributed by atoms with van der Waals surface area (Å²) in [5.74, 6) is 1.07. The van der Waals surface area contributed by atoms with E-state index in [4.69, 9.17) is 9.47 Å². The Kier molecular flexibility index (Phi) is 6.94. The predicted molar refractivity (Wildman–Crippen MR) is 154 cm³/mol. The van der Waals surface area contributed by atoms with E-state index < -0.39 is 0 Å². The zero-order valence-corrected chi connectivity index (χ0v) is 22.4. The van der Waals surface area contributed by atoms with Gasteiger partial charge in [0.25, 0.3) is 0 Å². The minimum Gasteiger partial charge on any atom is -0.473 e. The summed E-state index contributed by atoms with van der Waals surface area (Å²) in [4.78, 5) is 15.4. The van der Waals surface area contributed by atoms with Crippen molar-refractivity contribution in [3.8, 4) is 22.9 Å². The minimum atomic E-state index is -0.0578. The molecule has 0 fully saturated rings. The van der Waals surface area contributed by atoms with Gasteiger partial charge in [-0.25, -0.2) is 9.97 Å². The number of aromatic amines is 2. The fourth-order valence-electron chi connectivity index (χ4n) is 4.99. The molecule has 0 atom stereocenters. The minimum absolute atomic E-state index is 0.0578. The molecule has 202 valence electrons. The number of H-pyrrole nitrogens is 2. The van der Waals surface area contributed by atoms with Gasteiger partial charge in [0.2, 0.25) is 11.8 Å². The molecular weight excluding hydrogens is 504 g/mol. The van der Waals surface area contributed by atoms with E-state index >= 15 is 0 Å². The number of ether oxygens (including phenoxy) is 2. The van der Waals surface area contributed by atoms with Crippen molar-refractivity contribution in [1.82, 2.24) is 19.9 Å². The average Bonchev–Trinajstić information content (AvgIpc) is 3.59. The van der Waals surface area contributed by atoms with E-state index in [2.05, 4.69) is 70.2 Å². The van der Waals surface area contributed by atoms with Crippen molar-refractivity contribution >= 4 is 22.1 Å². The van der Waals surface area contributed by atoms with E-state index in [0.717, 1.165) is 66.8 Å². The second-order valence-electron chi connectivity index (χ2n) is 9.83. The first kappa shape index (κ1) is 25.6.